The van der Waals surface area contributed by atoms with Gasteiger partial charge in [-0.25, -0.2) is 4.98 Å². The number of amides is 1. The van der Waals surface area contributed by atoms with Gasteiger partial charge < -0.3 is 11.1 Å². The SMILES string of the molecule is Cc1cccc(C(=O)Nc2ccc(Cl)c(N)c2)n1. The van der Waals surface area contributed by atoms with Crippen molar-refractivity contribution in [1.29, 1.82) is 0 Å². The molecule has 2 rings (SSSR count). The van der Waals surface area contributed by atoms with Crippen molar-refractivity contribution in [2.45, 2.75) is 6.92 Å². The molecule has 0 aliphatic carbocycles. The number of benzene rings is 1. The molecule has 0 saturated heterocycles. The van der Waals surface area contributed by atoms with Crippen LogP contribution in [0.25, 0.3) is 0 Å². The van der Waals surface area contributed by atoms with Crippen molar-refractivity contribution in [1.82, 2.24) is 4.98 Å². The molecule has 92 valence electrons. The Morgan fingerprint density at radius 1 is 1.33 bits per heavy atom. The van der Waals surface area contributed by atoms with Gasteiger partial charge in [-0.3, -0.25) is 4.79 Å². The van der Waals surface area contributed by atoms with Crippen molar-refractivity contribution in [3.8, 4) is 0 Å². The standard InChI is InChI=1S/C13H12ClN3O/c1-8-3-2-4-12(16-8)13(18)17-9-5-6-10(14)11(15)7-9/h2-7H,15H2,1H3,(H,17,18). The molecule has 5 heteroatoms. The summed E-state index contributed by atoms with van der Waals surface area (Å²) >= 11 is 5.80. The first kappa shape index (κ1) is 12.4. The molecule has 0 aliphatic heterocycles. The lowest BCUT2D eigenvalue weighted by Gasteiger charge is -2.06. The fraction of sp³-hybridized carbons (Fsp3) is 0.0769. The van der Waals surface area contributed by atoms with Gasteiger partial charge in [0.1, 0.15) is 5.69 Å². The lowest BCUT2D eigenvalue weighted by atomic mass is 10.2. The minimum atomic E-state index is -0.277. The molecule has 0 fully saturated rings. The molecule has 4 nitrogen and oxygen atoms in total. The van der Waals surface area contributed by atoms with Crippen LogP contribution >= 0.6 is 11.6 Å². The zero-order valence-corrected chi connectivity index (χ0v) is 10.5. The van der Waals surface area contributed by atoms with Gasteiger partial charge in [-0.15, -0.1) is 0 Å². The lowest BCUT2D eigenvalue weighted by Crippen LogP contribution is -2.14. The van der Waals surface area contributed by atoms with Crippen LogP contribution in [0, 0.1) is 6.92 Å². The Morgan fingerprint density at radius 2 is 2.11 bits per heavy atom. The number of carbonyl (C=O) groups excluding carboxylic acids is 1. The van der Waals surface area contributed by atoms with E-state index in [0.717, 1.165) is 5.69 Å². The average molecular weight is 262 g/mol. The normalized spacial score (nSPS) is 10.1. The maximum atomic E-state index is 11.9. The second-order valence-corrected chi connectivity index (χ2v) is 4.26. The zero-order valence-electron chi connectivity index (χ0n) is 9.77. The summed E-state index contributed by atoms with van der Waals surface area (Å²) in [4.78, 5) is 16.1. The zero-order chi connectivity index (χ0) is 13.1. The summed E-state index contributed by atoms with van der Waals surface area (Å²) in [6.07, 6.45) is 0. The third-order valence-corrected chi connectivity index (χ3v) is 2.72. The number of nitrogens with two attached hydrogens (primary N) is 1. The van der Waals surface area contributed by atoms with Crippen molar-refractivity contribution >= 4 is 28.9 Å². The highest BCUT2D eigenvalue weighted by Crippen LogP contribution is 2.22. The van der Waals surface area contributed by atoms with Crippen LogP contribution < -0.4 is 11.1 Å². The monoisotopic (exact) mass is 261 g/mol. The first-order valence-corrected chi connectivity index (χ1v) is 5.74. The number of rotatable bonds is 2. The molecule has 0 atom stereocenters. The fourth-order valence-corrected chi connectivity index (χ4v) is 1.60. The number of nitrogen functional groups attached to an aromatic ring is 1. The highest BCUT2D eigenvalue weighted by Gasteiger charge is 2.08. The lowest BCUT2D eigenvalue weighted by molar-refractivity contribution is 0.102. The number of nitrogens with zero attached hydrogens (tertiary/aromatic N) is 1. The van der Waals surface area contributed by atoms with E-state index >= 15 is 0 Å². The smallest absolute Gasteiger partial charge is 0.274 e. The molecule has 0 saturated carbocycles. The number of hydrogen-bond donors (Lipinski definition) is 2. The number of hydrogen-bond acceptors (Lipinski definition) is 3. The highest BCUT2D eigenvalue weighted by molar-refractivity contribution is 6.33. The quantitative estimate of drug-likeness (QED) is 0.817. The Labute approximate surface area is 110 Å². The van der Waals surface area contributed by atoms with E-state index in [-0.39, 0.29) is 5.91 Å². The van der Waals surface area contributed by atoms with E-state index < -0.39 is 0 Å². The van der Waals surface area contributed by atoms with Crippen LogP contribution in [0.3, 0.4) is 0 Å². The number of anilines is 2. The Kier molecular flexibility index (Phi) is 3.48. The van der Waals surface area contributed by atoms with Gasteiger partial charge in [0.05, 0.1) is 10.7 Å². The third kappa shape index (κ3) is 2.78. The predicted molar refractivity (Wildman–Crippen MR) is 72.8 cm³/mol. The largest absolute Gasteiger partial charge is 0.397 e. The van der Waals surface area contributed by atoms with Gasteiger partial charge in [0, 0.05) is 11.4 Å². The Morgan fingerprint density at radius 3 is 2.78 bits per heavy atom. The molecule has 18 heavy (non-hydrogen) atoms. The first-order valence-electron chi connectivity index (χ1n) is 5.36. The van der Waals surface area contributed by atoms with Crippen molar-refractivity contribution in [2.24, 2.45) is 0 Å². The molecule has 1 aromatic heterocycles. The molecule has 1 aromatic carbocycles. The van der Waals surface area contributed by atoms with E-state index in [9.17, 15) is 4.79 Å². The molecule has 0 unspecified atom stereocenters. The Balaban J connectivity index is 2.18. The maximum absolute atomic E-state index is 11.9. The third-order valence-electron chi connectivity index (χ3n) is 2.37. The summed E-state index contributed by atoms with van der Waals surface area (Å²) in [6, 6.07) is 10.2. The van der Waals surface area contributed by atoms with Crippen LogP contribution in [-0.2, 0) is 0 Å². The summed E-state index contributed by atoms with van der Waals surface area (Å²) < 4.78 is 0. The van der Waals surface area contributed by atoms with E-state index in [1.807, 2.05) is 13.0 Å². The molecular formula is C13H12ClN3O. The van der Waals surface area contributed by atoms with Crippen molar-refractivity contribution < 1.29 is 4.79 Å². The van der Waals surface area contributed by atoms with Gasteiger partial charge in [-0.05, 0) is 37.3 Å². The minimum absolute atomic E-state index is 0.277. The summed E-state index contributed by atoms with van der Waals surface area (Å²) in [5.74, 6) is -0.277. The predicted octanol–water partition coefficient (Wildman–Crippen LogP) is 2.88. The van der Waals surface area contributed by atoms with Crippen LogP contribution in [0.5, 0.6) is 0 Å². The van der Waals surface area contributed by atoms with Gasteiger partial charge in [0.25, 0.3) is 5.91 Å². The number of nitrogens with one attached hydrogen (secondary N) is 1. The highest BCUT2D eigenvalue weighted by atomic mass is 35.5. The average Bonchev–Trinajstić information content (AvgIpc) is 2.34. The summed E-state index contributed by atoms with van der Waals surface area (Å²) in [5, 5.41) is 3.17. The topological polar surface area (TPSA) is 68.0 Å². The van der Waals surface area contributed by atoms with Crippen molar-refractivity contribution in [3.63, 3.8) is 0 Å². The minimum Gasteiger partial charge on any atom is -0.397 e. The molecule has 0 bridgehead atoms. The van der Waals surface area contributed by atoms with Gasteiger partial charge in [0.15, 0.2) is 0 Å². The second-order valence-electron chi connectivity index (χ2n) is 3.85. The van der Waals surface area contributed by atoms with E-state index in [4.69, 9.17) is 17.3 Å². The molecule has 3 N–H and O–H groups in total. The van der Waals surface area contributed by atoms with Crippen molar-refractivity contribution in [2.75, 3.05) is 11.1 Å². The van der Waals surface area contributed by atoms with Gasteiger partial charge >= 0.3 is 0 Å². The molecule has 0 aliphatic rings. The van der Waals surface area contributed by atoms with Crippen LogP contribution in [0.15, 0.2) is 36.4 Å². The summed E-state index contributed by atoms with van der Waals surface area (Å²) in [7, 11) is 0. The molecule has 1 heterocycles. The Hall–Kier alpha value is -2.07. The van der Waals surface area contributed by atoms with Gasteiger partial charge in [-0.2, -0.15) is 0 Å². The number of halogens is 1. The van der Waals surface area contributed by atoms with Crippen LogP contribution in [0.4, 0.5) is 11.4 Å². The van der Waals surface area contributed by atoms with E-state index in [0.29, 0.717) is 22.1 Å². The number of pyridine rings is 1. The van der Waals surface area contributed by atoms with Crippen LogP contribution in [0.2, 0.25) is 5.02 Å². The second kappa shape index (κ2) is 5.06. The van der Waals surface area contributed by atoms with Gasteiger partial charge in [-0.1, -0.05) is 17.7 Å². The van der Waals surface area contributed by atoms with Crippen LogP contribution in [-0.4, -0.2) is 10.9 Å². The van der Waals surface area contributed by atoms with Gasteiger partial charge in [0.2, 0.25) is 0 Å². The number of carbonyl (C=O) groups is 1. The molecule has 1 amide bonds. The molecular weight excluding hydrogens is 250 g/mol. The summed E-state index contributed by atoms with van der Waals surface area (Å²) in [6.45, 7) is 1.83. The van der Waals surface area contributed by atoms with Crippen molar-refractivity contribution in [3.05, 3.63) is 52.8 Å². The Bertz CT molecular complexity index is 599. The van der Waals surface area contributed by atoms with Crippen LogP contribution in [0.1, 0.15) is 16.2 Å². The van der Waals surface area contributed by atoms with E-state index in [2.05, 4.69) is 10.3 Å². The van der Waals surface area contributed by atoms with E-state index in [1.54, 1.807) is 30.3 Å². The number of aromatic nitrogens is 1. The number of aryl methyl sites for hydroxylation is 1. The first-order chi connectivity index (χ1) is 8.56. The molecule has 2 aromatic rings. The summed E-state index contributed by atoms with van der Waals surface area (Å²) in [5.41, 5.74) is 7.83. The fourth-order valence-electron chi connectivity index (χ4n) is 1.49. The maximum Gasteiger partial charge on any atom is 0.274 e. The van der Waals surface area contributed by atoms with E-state index in [1.165, 1.54) is 0 Å². The molecule has 0 spiro atoms. The molecule has 0 radical (unpaired) electrons.